The van der Waals surface area contributed by atoms with Crippen LogP contribution in [0.4, 0.5) is 5.82 Å². The SMILES string of the molecule is CC(C)c1ccnc(NCCCN2CCN(C)CC2)c1. The number of nitrogens with zero attached hydrogens (tertiary/aromatic N) is 3. The van der Waals surface area contributed by atoms with E-state index < -0.39 is 0 Å². The van der Waals surface area contributed by atoms with Gasteiger partial charge in [0.25, 0.3) is 0 Å². The molecule has 0 amide bonds. The van der Waals surface area contributed by atoms with Gasteiger partial charge in [0.1, 0.15) is 5.82 Å². The van der Waals surface area contributed by atoms with Crippen LogP contribution in [0.25, 0.3) is 0 Å². The first kappa shape index (κ1) is 15.3. The molecular weight excluding hydrogens is 248 g/mol. The Bertz CT molecular complexity index is 397. The van der Waals surface area contributed by atoms with E-state index in [1.807, 2.05) is 6.20 Å². The highest BCUT2D eigenvalue weighted by Crippen LogP contribution is 2.16. The zero-order valence-electron chi connectivity index (χ0n) is 13.1. The molecule has 0 aliphatic carbocycles. The van der Waals surface area contributed by atoms with Gasteiger partial charge in [0.15, 0.2) is 0 Å². The molecule has 1 aromatic rings. The smallest absolute Gasteiger partial charge is 0.126 e. The van der Waals surface area contributed by atoms with Crippen LogP contribution in [0.1, 0.15) is 31.7 Å². The van der Waals surface area contributed by atoms with Gasteiger partial charge in [-0.2, -0.15) is 0 Å². The van der Waals surface area contributed by atoms with Gasteiger partial charge in [0, 0.05) is 38.9 Å². The molecule has 112 valence electrons. The first-order chi connectivity index (χ1) is 9.65. The van der Waals surface area contributed by atoms with Crippen LogP contribution >= 0.6 is 0 Å². The minimum Gasteiger partial charge on any atom is -0.370 e. The predicted molar refractivity (Wildman–Crippen MR) is 85.4 cm³/mol. The summed E-state index contributed by atoms with van der Waals surface area (Å²) in [7, 11) is 2.20. The van der Waals surface area contributed by atoms with E-state index >= 15 is 0 Å². The number of hydrogen-bond donors (Lipinski definition) is 1. The lowest BCUT2D eigenvalue weighted by molar-refractivity contribution is 0.154. The molecule has 1 fully saturated rings. The topological polar surface area (TPSA) is 31.4 Å². The standard InChI is InChI=1S/C16H28N4/c1-14(2)15-5-7-18-16(13-15)17-6-4-8-20-11-9-19(3)10-12-20/h5,7,13-14H,4,6,8-12H2,1-3H3,(H,17,18). The third-order valence-corrected chi connectivity index (χ3v) is 4.00. The summed E-state index contributed by atoms with van der Waals surface area (Å²) in [6.45, 7) is 11.4. The molecule has 1 aromatic heterocycles. The molecule has 2 rings (SSSR count). The van der Waals surface area contributed by atoms with E-state index in [4.69, 9.17) is 0 Å². The van der Waals surface area contributed by atoms with Crippen molar-refractivity contribution in [3.63, 3.8) is 0 Å². The third kappa shape index (κ3) is 4.76. The summed E-state index contributed by atoms with van der Waals surface area (Å²) in [5.41, 5.74) is 1.35. The van der Waals surface area contributed by atoms with Gasteiger partial charge in [-0.3, -0.25) is 0 Å². The average Bonchev–Trinajstić information content (AvgIpc) is 2.46. The molecule has 20 heavy (non-hydrogen) atoms. The lowest BCUT2D eigenvalue weighted by Gasteiger charge is -2.32. The Morgan fingerprint density at radius 2 is 2.00 bits per heavy atom. The molecule has 0 saturated carbocycles. The highest BCUT2D eigenvalue weighted by atomic mass is 15.2. The van der Waals surface area contributed by atoms with Crippen LogP contribution in [0.3, 0.4) is 0 Å². The molecule has 0 radical (unpaired) electrons. The predicted octanol–water partition coefficient (Wildman–Crippen LogP) is 2.25. The number of likely N-dealkylation sites (N-methyl/N-ethyl adjacent to an activating group) is 1. The largest absolute Gasteiger partial charge is 0.370 e. The summed E-state index contributed by atoms with van der Waals surface area (Å²) in [5.74, 6) is 1.57. The molecule has 0 atom stereocenters. The Hall–Kier alpha value is -1.13. The van der Waals surface area contributed by atoms with Gasteiger partial charge < -0.3 is 15.1 Å². The summed E-state index contributed by atoms with van der Waals surface area (Å²) in [5, 5.41) is 3.44. The van der Waals surface area contributed by atoms with Crippen molar-refractivity contribution in [1.82, 2.24) is 14.8 Å². The van der Waals surface area contributed by atoms with E-state index in [0.29, 0.717) is 5.92 Å². The van der Waals surface area contributed by atoms with Crippen molar-refractivity contribution in [1.29, 1.82) is 0 Å². The van der Waals surface area contributed by atoms with E-state index in [9.17, 15) is 0 Å². The Balaban J connectivity index is 1.67. The van der Waals surface area contributed by atoms with Crippen molar-refractivity contribution in [3.8, 4) is 0 Å². The number of pyridine rings is 1. The Morgan fingerprint density at radius 1 is 1.25 bits per heavy atom. The third-order valence-electron chi connectivity index (χ3n) is 4.00. The molecule has 0 bridgehead atoms. The van der Waals surface area contributed by atoms with Crippen LogP contribution < -0.4 is 5.32 Å². The van der Waals surface area contributed by atoms with Crippen molar-refractivity contribution in [2.75, 3.05) is 51.6 Å². The fraction of sp³-hybridized carbons (Fsp3) is 0.688. The monoisotopic (exact) mass is 276 g/mol. The van der Waals surface area contributed by atoms with E-state index in [1.54, 1.807) is 0 Å². The van der Waals surface area contributed by atoms with Crippen LogP contribution in [-0.2, 0) is 0 Å². The maximum atomic E-state index is 4.38. The second kappa shape index (κ2) is 7.60. The van der Waals surface area contributed by atoms with E-state index in [2.05, 4.69) is 53.1 Å². The number of rotatable bonds is 6. The minimum absolute atomic E-state index is 0.559. The molecule has 0 aromatic carbocycles. The van der Waals surface area contributed by atoms with Gasteiger partial charge >= 0.3 is 0 Å². The molecule has 4 nitrogen and oxygen atoms in total. The number of piperazine rings is 1. The number of hydrogen-bond acceptors (Lipinski definition) is 4. The molecule has 4 heteroatoms. The Kier molecular flexibility index (Phi) is 5.80. The molecule has 0 spiro atoms. The van der Waals surface area contributed by atoms with Crippen LogP contribution in [-0.4, -0.2) is 61.1 Å². The van der Waals surface area contributed by atoms with Crippen LogP contribution in [0.15, 0.2) is 18.3 Å². The molecule has 1 N–H and O–H groups in total. The maximum Gasteiger partial charge on any atom is 0.126 e. The summed E-state index contributed by atoms with van der Waals surface area (Å²) in [6.07, 6.45) is 3.08. The summed E-state index contributed by atoms with van der Waals surface area (Å²) in [6, 6.07) is 4.26. The highest BCUT2D eigenvalue weighted by Gasteiger charge is 2.12. The van der Waals surface area contributed by atoms with Gasteiger partial charge in [-0.05, 0) is 43.6 Å². The molecule has 0 unspecified atom stereocenters. The van der Waals surface area contributed by atoms with Gasteiger partial charge in [0.2, 0.25) is 0 Å². The number of nitrogens with one attached hydrogen (secondary N) is 1. The highest BCUT2D eigenvalue weighted by molar-refractivity contribution is 5.38. The van der Waals surface area contributed by atoms with Crippen molar-refractivity contribution in [2.24, 2.45) is 0 Å². The van der Waals surface area contributed by atoms with Crippen molar-refractivity contribution < 1.29 is 0 Å². The molecule has 2 heterocycles. The molecule has 1 aliphatic rings. The first-order valence-electron chi connectivity index (χ1n) is 7.76. The summed E-state index contributed by atoms with van der Waals surface area (Å²) >= 11 is 0. The number of aromatic nitrogens is 1. The molecule has 1 saturated heterocycles. The first-order valence-corrected chi connectivity index (χ1v) is 7.76. The Labute approximate surface area is 123 Å². The normalized spacial score (nSPS) is 17.6. The van der Waals surface area contributed by atoms with Crippen molar-refractivity contribution >= 4 is 5.82 Å². The maximum absolute atomic E-state index is 4.38. The van der Waals surface area contributed by atoms with Gasteiger partial charge in [-0.15, -0.1) is 0 Å². The lowest BCUT2D eigenvalue weighted by Crippen LogP contribution is -2.44. The summed E-state index contributed by atoms with van der Waals surface area (Å²) in [4.78, 5) is 9.34. The fourth-order valence-corrected chi connectivity index (χ4v) is 2.49. The lowest BCUT2D eigenvalue weighted by atomic mass is 10.1. The van der Waals surface area contributed by atoms with Crippen LogP contribution in [0.2, 0.25) is 0 Å². The van der Waals surface area contributed by atoms with Crippen molar-refractivity contribution in [3.05, 3.63) is 23.9 Å². The van der Waals surface area contributed by atoms with Crippen LogP contribution in [0.5, 0.6) is 0 Å². The summed E-state index contributed by atoms with van der Waals surface area (Å²) < 4.78 is 0. The molecular formula is C16H28N4. The van der Waals surface area contributed by atoms with Crippen molar-refractivity contribution in [2.45, 2.75) is 26.2 Å². The van der Waals surface area contributed by atoms with Crippen LogP contribution in [0, 0.1) is 0 Å². The van der Waals surface area contributed by atoms with E-state index in [0.717, 1.165) is 12.4 Å². The van der Waals surface area contributed by atoms with E-state index in [1.165, 1.54) is 44.7 Å². The minimum atomic E-state index is 0.559. The average molecular weight is 276 g/mol. The van der Waals surface area contributed by atoms with Gasteiger partial charge in [0.05, 0.1) is 0 Å². The zero-order valence-corrected chi connectivity index (χ0v) is 13.1. The van der Waals surface area contributed by atoms with Gasteiger partial charge in [-0.1, -0.05) is 13.8 Å². The number of anilines is 1. The Morgan fingerprint density at radius 3 is 2.70 bits per heavy atom. The second-order valence-corrected chi connectivity index (χ2v) is 6.05. The zero-order chi connectivity index (χ0) is 14.4. The molecule has 1 aliphatic heterocycles. The second-order valence-electron chi connectivity index (χ2n) is 6.05. The fourth-order valence-electron chi connectivity index (χ4n) is 2.49. The van der Waals surface area contributed by atoms with Gasteiger partial charge in [-0.25, -0.2) is 4.98 Å². The quantitative estimate of drug-likeness (QED) is 0.808. The van der Waals surface area contributed by atoms with E-state index in [-0.39, 0.29) is 0 Å².